The number of nitrogens with zero attached hydrogens (tertiary/aromatic N) is 2. The summed E-state index contributed by atoms with van der Waals surface area (Å²) in [6.07, 6.45) is 24.0. The second-order valence-electron chi connectivity index (χ2n) is 15.5. The van der Waals surface area contributed by atoms with E-state index < -0.39 is 5.25 Å². The smallest absolute Gasteiger partial charge is 0.268 e. The number of anilines is 3. The van der Waals surface area contributed by atoms with Gasteiger partial charge in [-0.25, -0.2) is 0 Å². The number of ether oxygens (including phenoxy) is 1. The van der Waals surface area contributed by atoms with Crippen molar-refractivity contribution < 1.29 is 14.3 Å². The summed E-state index contributed by atoms with van der Waals surface area (Å²) >= 11 is 27.7. The summed E-state index contributed by atoms with van der Waals surface area (Å²) in [6.45, 7) is 7.17. The molecule has 12 heteroatoms. The molecule has 1 aliphatic heterocycles. The first-order valence-corrected chi connectivity index (χ1v) is 24.4. The summed E-state index contributed by atoms with van der Waals surface area (Å²) < 4.78 is 6.28. The topological polar surface area (TPSA) is 83.0 Å². The first kappa shape index (κ1) is 49.0. The molecule has 1 unspecified atom stereocenters. The largest absolute Gasteiger partial charge is 0.492 e. The van der Waals surface area contributed by atoms with Crippen molar-refractivity contribution in [3.8, 4) is 5.75 Å². The third-order valence-corrected chi connectivity index (χ3v) is 12.8. The summed E-state index contributed by atoms with van der Waals surface area (Å²) in [7, 11) is 0. The van der Waals surface area contributed by atoms with Gasteiger partial charge in [-0.05, 0) is 73.7 Å². The molecule has 59 heavy (non-hydrogen) atoms. The van der Waals surface area contributed by atoms with Crippen LogP contribution in [0.5, 0.6) is 5.75 Å². The van der Waals surface area contributed by atoms with Crippen LogP contribution in [0, 0.1) is 0 Å². The van der Waals surface area contributed by atoms with Crippen LogP contribution in [0.2, 0.25) is 20.1 Å². The van der Waals surface area contributed by atoms with Crippen molar-refractivity contribution in [1.29, 1.82) is 0 Å². The fraction of sp³-hybridized carbons (Fsp3) is 0.553. The lowest BCUT2D eigenvalue weighted by atomic mass is 10.0. The van der Waals surface area contributed by atoms with Crippen molar-refractivity contribution in [2.24, 2.45) is 5.10 Å². The molecule has 0 spiro atoms. The number of carbonyl (C=O) groups excluding carboxylic acids is 2. The van der Waals surface area contributed by atoms with Crippen molar-refractivity contribution >= 4 is 92.9 Å². The van der Waals surface area contributed by atoms with E-state index >= 15 is 0 Å². The molecule has 0 saturated carbocycles. The van der Waals surface area contributed by atoms with E-state index in [4.69, 9.17) is 56.2 Å². The fourth-order valence-corrected chi connectivity index (χ4v) is 9.30. The molecular formula is C47H64Cl4N4O3S. The van der Waals surface area contributed by atoms with Crippen molar-refractivity contribution in [2.45, 2.75) is 166 Å². The van der Waals surface area contributed by atoms with Crippen molar-refractivity contribution in [2.75, 3.05) is 22.2 Å². The van der Waals surface area contributed by atoms with E-state index in [0.717, 1.165) is 49.8 Å². The van der Waals surface area contributed by atoms with E-state index in [-0.39, 0.29) is 27.5 Å². The highest BCUT2D eigenvalue weighted by atomic mass is 35.5. The van der Waals surface area contributed by atoms with Crippen LogP contribution in [0.4, 0.5) is 17.1 Å². The lowest BCUT2D eigenvalue weighted by Gasteiger charge is -2.19. The van der Waals surface area contributed by atoms with E-state index in [1.807, 2.05) is 6.07 Å². The van der Waals surface area contributed by atoms with Crippen LogP contribution in [0.3, 0.4) is 0 Å². The number of carbonyl (C=O) groups is 2. The molecule has 0 fully saturated rings. The molecular weight excluding hydrogens is 842 g/mol. The molecule has 0 aromatic heterocycles. The van der Waals surface area contributed by atoms with Crippen molar-refractivity contribution in [3.05, 3.63) is 74.2 Å². The third kappa shape index (κ3) is 16.6. The number of hydrazone groups is 1. The Kier molecular flexibility index (Phi) is 22.7. The van der Waals surface area contributed by atoms with E-state index in [2.05, 4.69) is 43.5 Å². The number of hydrogen-bond acceptors (Lipinski definition) is 6. The number of hydrogen-bond donors (Lipinski definition) is 2. The fourth-order valence-electron chi connectivity index (χ4n) is 7.02. The van der Waals surface area contributed by atoms with Crippen LogP contribution >= 0.6 is 58.2 Å². The zero-order valence-corrected chi connectivity index (χ0v) is 39.1. The monoisotopic (exact) mass is 904 g/mol. The number of benzene rings is 3. The highest BCUT2D eigenvalue weighted by molar-refractivity contribution is 8.01. The Morgan fingerprint density at radius 1 is 0.712 bits per heavy atom. The minimum absolute atomic E-state index is 0.0503. The van der Waals surface area contributed by atoms with Crippen LogP contribution in [0.25, 0.3) is 0 Å². The Morgan fingerprint density at radius 3 is 1.93 bits per heavy atom. The number of halogens is 4. The molecule has 0 radical (unpaired) electrons. The number of nitrogens with one attached hydrogen (secondary N) is 2. The maximum Gasteiger partial charge on any atom is 0.268 e. The second kappa shape index (κ2) is 27.4. The molecule has 2 N–H and O–H groups in total. The molecule has 324 valence electrons. The average Bonchev–Trinajstić information content (AvgIpc) is 3.49. The molecule has 4 rings (SSSR count). The van der Waals surface area contributed by atoms with Gasteiger partial charge in [0.2, 0.25) is 5.91 Å². The van der Waals surface area contributed by atoms with Crippen LogP contribution in [0.15, 0.2) is 58.5 Å². The molecule has 3 aromatic rings. The van der Waals surface area contributed by atoms with Gasteiger partial charge in [0, 0.05) is 17.1 Å². The van der Waals surface area contributed by atoms with E-state index in [9.17, 15) is 9.59 Å². The predicted octanol–water partition coefficient (Wildman–Crippen LogP) is 16.0. The molecule has 1 atom stereocenters. The number of unbranched alkanes of at least 4 members (excludes halogenated alkanes) is 16. The summed E-state index contributed by atoms with van der Waals surface area (Å²) in [6, 6.07) is 14.6. The van der Waals surface area contributed by atoms with Crippen LogP contribution in [-0.2, 0) is 16.0 Å². The van der Waals surface area contributed by atoms with Crippen LogP contribution in [0.1, 0.15) is 155 Å². The average molecular weight is 907 g/mol. The van der Waals surface area contributed by atoms with Gasteiger partial charge in [0.25, 0.3) is 5.91 Å². The highest BCUT2D eigenvalue weighted by Crippen LogP contribution is 2.43. The zero-order chi connectivity index (χ0) is 42.4. The standard InChI is InChI=1S/C47H64Cl4N4O3S/c1-4-7-10-12-14-15-16-17-18-20-22-24-43(56)52-36-26-27-37(49)40(33-36)53-46-45(47(57)55(54-46)44-38(50)31-35(48)32-39(44)51)59-42-30-34(23-21-19-13-11-8-5-2)25-28-41(42)58-29-9-6-3/h25-28,30-33,45H,4-24,29H2,1-3H3,(H,52,56)(H,53,54). The third-order valence-electron chi connectivity index (χ3n) is 10.4. The first-order valence-electron chi connectivity index (χ1n) is 22.0. The SMILES string of the molecule is CCCCCCCCCCCCCC(=O)Nc1ccc(Cl)c(NC2=NN(c3c(Cl)cc(Cl)cc3Cl)C(=O)C2Sc2cc(CCCCCCCC)ccc2OCCCC)c1. The Balaban J connectivity index is 1.50. The Labute approximate surface area is 378 Å². The number of amidine groups is 1. The number of rotatable bonds is 28. The van der Waals surface area contributed by atoms with Gasteiger partial charge >= 0.3 is 0 Å². The maximum atomic E-state index is 14.5. The lowest BCUT2D eigenvalue weighted by molar-refractivity contribution is -0.117. The molecule has 0 bridgehead atoms. The number of aryl methyl sites for hydroxylation is 1. The molecule has 2 amide bonds. The number of thioether (sulfide) groups is 1. The van der Waals surface area contributed by atoms with Gasteiger partial charge in [-0.1, -0.05) is 176 Å². The zero-order valence-electron chi connectivity index (χ0n) is 35.3. The second-order valence-corrected chi connectivity index (χ2v) is 18.3. The number of amides is 2. The van der Waals surface area contributed by atoms with Gasteiger partial charge in [0.05, 0.1) is 32.3 Å². The van der Waals surface area contributed by atoms with Gasteiger partial charge in [-0.3, -0.25) is 9.59 Å². The maximum absolute atomic E-state index is 14.5. The predicted molar refractivity (Wildman–Crippen MR) is 255 cm³/mol. The lowest BCUT2D eigenvalue weighted by Crippen LogP contribution is -2.32. The van der Waals surface area contributed by atoms with Crippen molar-refractivity contribution in [1.82, 2.24) is 0 Å². The van der Waals surface area contributed by atoms with Gasteiger partial charge in [-0.2, -0.15) is 5.01 Å². The summed E-state index contributed by atoms with van der Waals surface area (Å²) in [5.41, 5.74) is 2.50. The van der Waals surface area contributed by atoms with Crippen molar-refractivity contribution in [3.63, 3.8) is 0 Å². The summed E-state index contributed by atoms with van der Waals surface area (Å²) in [4.78, 5) is 28.3. The molecule has 0 aliphatic carbocycles. The molecule has 1 heterocycles. The molecule has 3 aromatic carbocycles. The van der Waals surface area contributed by atoms with Gasteiger partial charge < -0.3 is 15.4 Å². The minimum atomic E-state index is -0.842. The Hall–Kier alpha value is -2.62. The quantitative estimate of drug-likeness (QED) is 0.0709. The molecule has 1 aliphatic rings. The minimum Gasteiger partial charge on any atom is -0.492 e. The Morgan fingerprint density at radius 2 is 1.31 bits per heavy atom. The summed E-state index contributed by atoms with van der Waals surface area (Å²) in [5, 5.41) is 12.6. The van der Waals surface area contributed by atoms with E-state index in [0.29, 0.717) is 46.0 Å². The molecule has 7 nitrogen and oxygen atoms in total. The highest BCUT2D eigenvalue weighted by Gasteiger charge is 2.40. The van der Waals surface area contributed by atoms with Gasteiger partial charge in [0.15, 0.2) is 11.1 Å². The first-order chi connectivity index (χ1) is 28.6. The van der Waals surface area contributed by atoms with Crippen LogP contribution in [-0.4, -0.2) is 29.5 Å². The van der Waals surface area contributed by atoms with Crippen LogP contribution < -0.4 is 20.4 Å². The summed E-state index contributed by atoms with van der Waals surface area (Å²) in [5.74, 6) is 0.640. The van der Waals surface area contributed by atoms with Gasteiger partial charge in [0.1, 0.15) is 11.4 Å². The Bertz CT molecular complexity index is 1790. The van der Waals surface area contributed by atoms with E-state index in [1.165, 1.54) is 118 Å². The molecule has 0 saturated heterocycles. The normalized spacial score (nSPS) is 13.9. The van der Waals surface area contributed by atoms with Gasteiger partial charge in [-0.15, -0.1) is 16.9 Å². The van der Waals surface area contributed by atoms with E-state index in [1.54, 1.807) is 18.2 Å².